The maximum absolute atomic E-state index is 12.4. The van der Waals surface area contributed by atoms with Gasteiger partial charge in [-0.25, -0.2) is 0 Å². The summed E-state index contributed by atoms with van der Waals surface area (Å²) in [4.78, 5) is 24.7. The maximum Gasteiger partial charge on any atom is 0.257 e. The minimum Gasteiger partial charge on any atom is -0.326 e. The van der Waals surface area contributed by atoms with Crippen LogP contribution in [0, 0.1) is 0 Å². The summed E-state index contributed by atoms with van der Waals surface area (Å²) >= 11 is 6.39. The Balaban J connectivity index is 2.10. The highest BCUT2D eigenvalue weighted by Crippen LogP contribution is 2.33. The largest absolute Gasteiger partial charge is 0.326 e. The fraction of sp³-hybridized carbons (Fsp3) is 0.111. The molecule has 0 radical (unpaired) electrons. The highest BCUT2D eigenvalue weighted by Gasteiger charge is 2.28. The molecule has 4 nitrogen and oxygen atoms in total. The summed E-state index contributed by atoms with van der Waals surface area (Å²) in [5, 5.41) is 3.10. The van der Waals surface area contributed by atoms with E-state index in [1.807, 2.05) is 36.4 Å². The molecule has 2 heterocycles. The monoisotopic (exact) mass is 324 g/mol. The average Bonchev–Trinajstić information content (AvgIpc) is 2.72. The van der Waals surface area contributed by atoms with E-state index in [1.54, 1.807) is 10.8 Å². The molecule has 4 rings (SSSR count). The number of nitrogens with zero attached hydrogens (tertiary/aromatic N) is 1. The zero-order valence-corrected chi connectivity index (χ0v) is 12.9. The lowest BCUT2D eigenvalue weighted by Gasteiger charge is -2.22. The smallest absolute Gasteiger partial charge is 0.257 e. The first-order valence-corrected chi connectivity index (χ1v) is 7.76. The lowest BCUT2D eigenvalue weighted by Crippen LogP contribution is -2.24. The van der Waals surface area contributed by atoms with Gasteiger partial charge in [0.15, 0.2) is 5.43 Å². The third-order valence-corrected chi connectivity index (χ3v) is 4.44. The van der Waals surface area contributed by atoms with Crippen molar-refractivity contribution in [2.75, 3.05) is 0 Å². The van der Waals surface area contributed by atoms with Gasteiger partial charge >= 0.3 is 0 Å². The Morgan fingerprint density at radius 1 is 1.13 bits per heavy atom. The van der Waals surface area contributed by atoms with Gasteiger partial charge in [0, 0.05) is 23.4 Å². The van der Waals surface area contributed by atoms with E-state index < -0.39 is 0 Å². The third kappa shape index (κ3) is 2.14. The van der Waals surface area contributed by atoms with Gasteiger partial charge in [0.05, 0.1) is 17.0 Å². The zero-order valence-electron chi connectivity index (χ0n) is 12.2. The third-order valence-electron chi connectivity index (χ3n) is 4.16. The fourth-order valence-electron chi connectivity index (χ4n) is 3.13. The predicted molar refractivity (Wildman–Crippen MR) is 90.0 cm³/mol. The molecule has 0 spiro atoms. The van der Waals surface area contributed by atoms with Gasteiger partial charge in [-0.05, 0) is 12.8 Å². The molecule has 0 unspecified atom stereocenters. The molecule has 0 bridgehead atoms. The number of carbonyl (C=O) groups is 1. The number of aromatic nitrogens is 1. The van der Waals surface area contributed by atoms with Crippen LogP contribution in [-0.2, 0) is 11.2 Å². The Morgan fingerprint density at radius 3 is 2.70 bits per heavy atom. The molecule has 2 aliphatic rings. The van der Waals surface area contributed by atoms with Crippen LogP contribution in [0.25, 0.3) is 11.3 Å². The number of carbonyl (C=O) groups excluding carboxylic acids is 1. The van der Waals surface area contributed by atoms with Crippen LogP contribution in [0.4, 0.5) is 0 Å². The van der Waals surface area contributed by atoms with E-state index in [1.165, 1.54) is 6.07 Å². The van der Waals surface area contributed by atoms with Crippen LogP contribution in [0.5, 0.6) is 0 Å². The first-order valence-electron chi connectivity index (χ1n) is 7.38. The van der Waals surface area contributed by atoms with Gasteiger partial charge in [-0.3, -0.25) is 14.2 Å². The number of nitrogens with one attached hydrogen (secondary N) is 1. The van der Waals surface area contributed by atoms with Gasteiger partial charge in [0.1, 0.15) is 5.15 Å². The van der Waals surface area contributed by atoms with E-state index in [0.717, 1.165) is 11.3 Å². The summed E-state index contributed by atoms with van der Waals surface area (Å²) in [7, 11) is 0. The molecule has 23 heavy (non-hydrogen) atoms. The van der Waals surface area contributed by atoms with Crippen molar-refractivity contribution in [1.29, 1.82) is 0 Å². The lowest BCUT2D eigenvalue weighted by atomic mass is 9.94. The molecule has 1 N–H and O–H groups in total. The number of benzene rings is 1. The SMILES string of the molecule is O=C1NC=C(c2ccccc2)n2c(Cl)cc(=O)c3c2C1=CCC3. The van der Waals surface area contributed by atoms with E-state index in [0.29, 0.717) is 34.8 Å². The Kier molecular flexibility index (Phi) is 3.20. The van der Waals surface area contributed by atoms with Gasteiger partial charge in [0.25, 0.3) is 5.91 Å². The molecule has 0 saturated carbocycles. The molecule has 2 aromatic rings. The van der Waals surface area contributed by atoms with Crippen LogP contribution in [-0.4, -0.2) is 10.5 Å². The Morgan fingerprint density at radius 2 is 1.91 bits per heavy atom. The van der Waals surface area contributed by atoms with Crippen LogP contribution in [0.3, 0.4) is 0 Å². The lowest BCUT2D eigenvalue weighted by molar-refractivity contribution is -0.114. The standard InChI is InChI=1S/C18H13ClN2O2/c19-16-9-15(22)12-7-4-8-13-17(12)21(16)14(10-20-18(13)23)11-5-2-1-3-6-11/h1-3,5-6,8-10H,4,7H2,(H,20,23). The highest BCUT2D eigenvalue weighted by atomic mass is 35.5. The van der Waals surface area contributed by atoms with Gasteiger partial charge in [-0.15, -0.1) is 0 Å². The molecule has 0 saturated heterocycles. The second-order valence-corrected chi connectivity index (χ2v) is 5.91. The maximum atomic E-state index is 12.4. The molecule has 1 aromatic carbocycles. The van der Waals surface area contributed by atoms with Crippen molar-refractivity contribution < 1.29 is 4.79 Å². The molecule has 1 aromatic heterocycles. The van der Waals surface area contributed by atoms with Crippen molar-refractivity contribution >= 4 is 28.8 Å². The normalized spacial score (nSPS) is 16.0. The summed E-state index contributed by atoms with van der Waals surface area (Å²) in [6, 6.07) is 11.1. The summed E-state index contributed by atoms with van der Waals surface area (Å²) in [6.07, 6.45) is 4.80. The van der Waals surface area contributed by atoms with E-state index >= 15 is 0 Å². The quantitative estimate of drug-likeness (QED) is 0.820. The highest BCUT2D eigenvalue weighted by molar-refractivity contribution is 6.31. The van der Waals surface area contributed by atoms with Crippen molar-refractivity contribution in [3.63, 3.8) is 0 Å². The van der Waals surface area contributed by atoms with E-state index in [9.17, 15) is 9.59 Å². The summed E-state index contributed by atoms with van der Waals surface area (Å²) in [5.74, 6) is -0.215. The molecule has 1 aliphatic carbocycles. The number of pyridine rings is 1. The number of hydrogen-bond donors (Lipinski definition) is 1. The van der Waals surface area contributed by atoms with E-state index in [-0.39, 0.29) is 11.3 Å². The molecule has 1 amide bonds. The van der Waals surface area contributed by atoms with Gasteiger partial charge in [-0.1, -0.05) is 48.0 Å². The Labute approximate surface area is 137 Å². The number of halogens is 1. The topological polar surface area (TPSA) is 51.1 Å². The van der Waals surface area contributed by atoms with Crippen LogP contribution in [0.1, 0.15) is 23.2 Å². The number of amides is 1. The van der Waals surface area contributed by atoms with Crippen LogP contribution >= 0.6 is 11.6 Å². The second kappa shape index (κ2) is 5.25. The minimum absolute atomic E-state index is 0.117. The molecule has 1 aliphatic heterocycles. The fourth-order valence-corrected chi connectivity index (χ4v) is 3.41. The zero-order chi connectivity index (χ0) is 16.0. The Hall–Kier alpha value is -2.59. The van der Waals surface area contributed by atoms with Crippen LogP contribution < -0.4 is 10.7 Å². The summed E-state index contributed by atoms with van der Waals surface area (Å²) in [5.41, 5.74) is 3.30. The molecule has 5 heteroatoms. The van der Waals surface area contributed by atoms with Crippen LogP contribution in [0.2, 0.25) is 5.15 Å². The molecule has 114 valence electrons. The summed E-state index contributed by atoms with van der Waals surface area (Å²) < 4.78 is 1.79. The van der Waals surface area contributed by atoms with Gasteiger partial charge < -0.3 is 5.32 Å². The number of rotatable bonds is 1. The van der Waals surface area contributed by atoms with Crippen molar-refractivity contribution in [3.05, 3.63) is 80.9 Å². The second-order valence-electron chi connectivity index (χ2n) is 5.52. The summed E-state index contributed by atoms with van der Waals surface area (Å²) in [6.45, 7) is 0. The first-order chi connectivity index (χ1) is 11.2. The van der Waals surface area contributed by atoms with Crippen molar-refractivity contribution in [3.8, 4) is 0 Å². The van der Waals surface area contributed by atoms with E-state index in [4.69, 9.17) is 11.6 Å². The molecular weight excluding hydrogens is 312 g/mol. The van der Waals surface area contributed by atoms with Crippen molar-refractivity contribution in [2.24, 2.45) is 0 Å². The minimum atomic E-state index is -0.215. The van der Waals surface area contributed by atoms with E-state index in [2.05, 4.69) is 5.32 Å². The number of hydrogen-bond acceptors (Lipinski definition) is 2. The van der Waals surface area contributed by atoms with Crippen molar-refractivity contribution in [2.45, 2.75) is 12.8 Å². The van der Waals surface area contributed by atoms with Gasteiger partial charge in [-0.2, -0.15) is 0 Å². The van der Waals surface area contributed by atoms with Crippen LogP contribution in [0.15, 0.2) is 53.5 Å². The molecule has 0 fully saturated rings. The van der Waals surface area contributed by atoms with Crippen molar-refractivity contribution in [1.82, 2.24) is 9.88 Å². The Bertz CT molecular complexity index is 939. The first kappa shape index (κ1) is 14.0. The predicted octanol–water partition coefficient (Wildman–Crippen LogP) is 2.81. The van der Waals surface area contributed by atoms with Gasteiger partial charge in [0.2, 0.25) is 0 Å². The number of allylic oxidation sites excluding steroid dienone is 1. The molecule has 0 atom stereocenters. The molecular formula is C18H13ClN2O2. The average molecular weight is 325 g/mol.